The molecule has 1 aromatic heterocycles. The summed E-state index contributed by atoms with van der Waals surface area (Å²) < 4.78 is 22.8. The molecule has 2 aromatic rings. The van der Waals surface area contributed by atoms with Gasteiger partial charge in [0.05, 0.1) is 22.3 Å². The molecule has 1 aliphatic rings. The van der Waals surface area contributed by atoms with Crippen molar-refractivity contribution in [3.05, 3.63) is 52.2 Å². The van der Waals surface area contributed by atoms with Crippen LogP contribution in [0.5, 0.6) is 0 Å². The Hall–Kier alpha value is -2.72. The van der Waals surface area contributed by atoms with Gasteiger partial charge in [-0.25, -0.2) is 8.42 Å². The number of carbonyl (C=O) groups excluding carboxylic acids is 3. The number of hydrogen-bond acceptors (Lipinski definition) is 6. The van der Waals surface area contributed by atoms with Crippen molar-refractivity contribution in [1.29, 1.82) is 0 Å². The second-order valence-corrected chi connectivity index (χ2v) is 9.23. The molecule has 0 saturated carbocycles. The molecule has 1 saturated heterocycles. The molecule has 142 valence electrons. The summed E-state index contributed by atoms with van der Waals surface area (Å²) in [5.74, 6) is -2.17. The highest BCUT2D eigenvalue weighted by molar-refractivity contribution is 7.91. The number of hydrogen-bond donors (Lipinski definition) is 3. The van der Waals surface area contributed by atoms with Crippen molar-refractivity contribution < 1.29 is 22.8 Å². The fraction of sp³-hybridized carbons (Fsp3) is 0.235. The van der Waals surface area contributed by atoms with Gasteiger partial charge in [0.25, 0.3) is 11.8 Å². The van der Waals surface area contributed by atoms with Gasteiger partial charge < -0.3 is 5.32 Å². The molecule has 0 spiro atoms. The first-order valence-electron chi connectivity index (χ1n) is 8.09. The third kappa shape index (κ3) is 4.92. The minimum atomic E-state index is -3.17. The van der Waals surface area contributed by atoms with Crippen LogP contribution in [0.1, 0.15) is 26.5 Å². The largest absolute Gasteiger partial charge is 0.321 e. The molecule has 1 fully saturated rings. The van der Waals surface area contributed by atoms with Gasteiger partial charge in [0.15, 0.2) is 9.84 Å². The molecule has 27 heavy (non-hydrogen) atoms. The molecule has 3 rings (SSSR count). The molecule has 10 heteroatoms. The van der Waals surface area contributed by atoms with Crippen molar-refractivity contribution in [3.8, 4) is 0 Å². The maximum atomic E-state index is 12.1. The quantitative estimate of drug-likeness (QED) is 0.658. The van der Waals surface area contributed by atoms with Crippen molar-refractivity contribution >= 4 is 44.6 Å². The predicted octanol–water partition coefficient (Wildman–Crippen LogP) is 1.20. The lowest BCUT2D eigenvalue weighted by Gasteiger charge is -2.11. The fourth-order valence-corrected chi connectivity index (χ4v) is 4.96. The summed E-state index contributed by atoms with van der Waals surface area (Å²) in [6.45, 7) is 0. The number of benzene rings is 1. The first kappa shape index (κ1) is 19.1. The molecule has 8 nitrogen and oxygen atoms in total. The monoisotopic (exact) mass is 407 g/mol. The van der Waals surface area contributed by atoms with E-state index in [1.807, 2.05) is 0 Å². The summed E-state index contributed by atoms with van der Waals surface area (Å²) in [4.78, 5) is 36.6. The second-order valence-electron chi connectivity index (χ2n) is 6.05. The van der Waals surface area contributed by atoms with Crippen LogP contribution in [-0.4, -0.2) is 37.6 Å². The molecule has 0 bridgehead atoms. The average molecular weight is 407 g/mol. The summed E-state index contributed by atoms with van der Waals surface area (Å²) in [6, 6.07) is 9.65. The van der Waals surface area contributed by atoms with Crippen molar-refractivity contribution in [2.45, 2.75) is 6.42 Å². The van der Waals surface area contributed by atoms with Gasteiger partial charge in [0, 0.05) is 11.3 Å². The van der Waals surface area contributed by atoms with Crippen LogP contribution in [0.15, 0.2) is 41.8 Å². The van der Waals surface area contributed by atoms with Crippen LogP contribution in [0.3, 0.4) is 0 Å². The van der Waals surface area contributed by atoms with Gasteiger partial charge in [-0.3, -0.25) is 25.2 Å². The van der Waals surface area contributed by atoms with Crippen molar-refractivity contribution in [2.24, 2.45) is 5.92 Å². The van der Waals surface area contributed by atoms with Gasteiger partial charge >= 0.3 is 0 Å². The molecular weight excluding hydrogens is 390 g/mol. The van der Waals surface area contributed by atoms with Gasteiger partial charge in [-0.2, -0.15) is 0 Å². The smallest absolute Gasteiger partial charge is 0.269 e. The standard InChI is InChI=1S/C17H17N3O5S2/c21-15(19-20-16(22)12-7-9-27(24,25)10-12)11-3-5-13(6-4-11)18-17(23)14-2-1-8-26-14/h1-6,8,12H,7,9-10H2,(H,18,23)(H,19,21)(H,20,22)/t12-/m1/s1. The maximum absolute atomic E-state index is 12.1. The Labute approximate surface area is 159 Å². The molecule has 3 N–H and O–H groups in total. The van der Waals surface area contributed by atoms with E-state index < -0.39 is 27.6 Å². The second kappa shape index (κ2) is 7.89. The van der Waals surface area contributed by atoms with E-state index >= 15 is 0 Å². The highest BCUT2D eigenvalue weighted by Gasteiger charge is 2.33. The van der Waals surface area contributed by atoms with E-state index in [1.54, 1.807) is 29.6 Å². The van der Waals surface area contributed by atoms with E-state index in [9.17, 15) is 22.8 Å². The lowest BCUT2D eigenvalue weighted by atomic mass is 10.1. The Kier molecular flexibility index (Phi) is 5.57. The molecule has 1 atom stereocenters. The zero-order chi connectivity index (χ0) is 19.4. The topological polar surface area (TPSA) is 121 Å². The van der Waals surface area contributed by atoms with Crippen LogP contribution in [0, 0.1) is 5.92 Å². The molecule has 0 unspecified atom stereocenters. The highest BCUT2D eigenvalue weighted by Crippen LogP contribution is 2.18. The predicted molar refractivity (Wildman–Crippen MR) is 101 cm³/mol. The van der Waals surface area contributed by atoms with Crippen LogP contribution < -0.4 is 16.2 Å². The van der Waals surface area contributed by atoms with E-state index in [-0.39, 0.29) is 29.4 Å². The summed E-state index contributed by atoms with van der Waals surface area (Å²) in [5.41, 5.74) is 5.33. The minimum absolute atomic E-state index is 0.0162. The van der Waals surface area contributed by atoms with Gasteiger partial charge in [0.1, 0.15) is 0 Å². The number of nitrogens with one attached hydrogen (secondary N) is 3. The number of amides is 3. The first-order chi connectivity index (χ1) is 12.8. The Balaban J connectivity index is 1.51. The molecule has 0 radical (unpaired) electrons. The van der Waals surface area contributed by atoms with Crippen LogP contribution in [0.2, 0.25) is 0 Å². The Morgan fingerprint density at radius 1 is 1.00 bits per heavy atom. The summed E-state index contributed by atoms with van der Waals surface area (Å²) in [5, 5.41) is 4.52. The van der Waals surface area contributed by atoms with E-state index in [4.69, 9.17) is 0 Å². The van der Waals surface area contributed by atoms with Crippen LogP contribution in [0.25, 0.3) is 0 Å². The molecular formula is C17H17N3O5S2. The molecule has 2 heterocycles. The lowest BCUT2D eigenvalue weighted by Crippen LogP contribution is -2.44. The Morgan fingerprint density at radius 3 is 2.33 bits per heavy atom. The van der Waals surface area contributed by atoms with E-state index in [1.165, 1.54) is 23.5 Å². The van der Waals surface area contributed by atoms with Gasteiger partial charge in [-0.1, -0.05) is 6.07 Å². The van der Waals surface area contributed by atoms with Crippen LogP contribution >= 0.6 is 11.3 Å². The van der Waals surface area contributed by atoms with E-state index in [0.717, 1.165) is 0 Å². The first-order valence-corrected chi connectivity index (χ1v) is 10.8. The van der Waals surface area contributed by atoms with Crippen molar-refractivity contribution in [2.75, 3.05) is 16.8 Å². The molecule has 1 aliphatic heterocycles. The highest BCUT2D eigenvalue weighted by atomic mass is 32.2. The average Bonchev–Trinajstić information content (AvgIpc) is 3.29. The van der Waals surface area contributed by atoms with Crippen LogP contribution in [-0.2, 0) is 14.6 Å². The van der Waals surface area contributed by atoms with Gasteiger partial charge in [0.2, 0.25) is 5.91 Å². The number of carbonyl (C=O) groups is 3. The van der Waals surface area contributed by atoms with Crippen LogP contribution in [0.4, 0.5) is 5.69 Å². The third-order valence-corrected chi connectivity index (χ3v) is 6.69. The Bertz CT molecular complexity index is 953. The normalized spacial score (nSPS) is 17.9. The number of hydrazine groups is 1. The number of rotatable bonds is 4. The summed E-state index contributed by atoms with van der Waals surface area (Å²) >= 11 is 1.32. The van der Waals surface area contributed by atoms with Gasteiger partial charge in [-0.05, 0) is 42.1 Å². The zero-order valence-corrected chi connectivity index (χ0v) is 15.7. The SMILES string of the molecule is O=C(NNC(=O)[C@@H]1CCS(=O)(=O)C1)c1ccc(NC(=O)c2cccs2)cc1. The molecule has 0 aliphatic carbocycles. The fourth-order valence-electron chi connectivity index (χ4n) is 2.60. The third-order valence-electron chi connectivity index (χ3n) is 4.05. The summed E-state index contributed by atoms with van der Waals surface area (Å²) in [6.07, 6.45) is 0.253. The van der Waals surface area contributed by atoms with Crippen molar-refractivity contribution in [1.82, 2.24) is 10.9 Å². The molecule has 3 amide bonds. The van der Waals surface area contributed by atoms with Crippen molar-refractivity contribution in [3.63, 3.8) is 0 Å². The molecule has 1 aromatic carbocycles. The minimum Gasteiger partial charge on any atom is -0.321 e. The van der Waals surface area contributed by atoms with E-state index in [0.29, 0.717) is 10.6 Å². The lowest BCUT2D eigenvalue weighted by molar-refractivity contribution is -0.125. The van der Waals surface area contributed by atoms with E-state index in [2.05, 4.69) is 16.2 Å². The number of sulfone groups is 1. The summed E-state index contributed by atoms with van der Waals surface area (Å²) in [7, 11) is -3.17. The Morgan fingerprint density at radius 2 is 1.74 bits per heavy atom. The van der Waals surface area contributed by atoms with Gasteiger partial charge in [-0.15, -0.1) is 11.3 Å². The number of anilines is 1. The zero-order valence-electron chi connectivity index (χ0n) is 14.1. The number of thiophene rings is 1. The maximum Gasteiger partial charge on any atom is 0.269 e.